The highest BCUT2D eigenvalue weighted by Crippen LogP contribution is 2.17. The first-order chi connectivity index (χ1) is 11.1. The first kappa shape index (κ1) is 20.7. The Morgan fingerprint density at radius 1 is 1.17 bits per heavy atom. The number of benzene rings is 2. The van der Waals surface area contributed by atoms with Crippen LogP contribution in [-0.2, 0) is 13.1 Å². The van der Waals surface area contributed by atoms with Crippen molar-refractivity contribution in [3.63, 3.8) is 0 Å². The highest BCUT2D eigenvalue weighted by Gasteiger charge is 2.04. The third-order valence-electron chi connectivity index (χ3n) is 3.27. The minimum atomic E-state index is -0.260. The fourth-order valence-electron chi connectivity index (χ4n) is 2.05. The van der Waals surface area contributed by atoms with Crippen LogP contribution in [0.4, 0.5) is 4.39 Å². The molecule has 0 heterocycles. The van der Waals surface area contributed by atoms with E-state index in [-0.39, 0.29) is 29.8 Å². The Balaban J connectivity index is 0.00000288. The maximum absolute atomic E-state index is 13.3. The molecule has 0 aromatic heterocycles. The minimum Gasteiger partial charge on any atom is -0.497 e. The highest BCUT2D eigenvalue weighted by molar-refractivity contribution is 14.0. The van der Waals surface area contributed by atoms with E-state index in [2.05, 4.69) is 31.6 Å². The van der Waals surface area contributed by atoms with E-state index in [1.54, 1.807) is 20.2 Å². The molecule has 2 aromatic carbocycles. The summed E-state index contributed by atoms with van der Waals surface area (Å²) in [5, 5.41) is 6.38. The van der Waals surface area contributed by atoms with E-state index in [9.17, 15) is 4.39 Å². The van der Waals surface area contributed by atoms with E-state index < -0.39 is 0 Å². The number of halogens is 3. The van der Waals surface area contributed by atoms with E-state index in [0.29, 0.717) is 19.0 Å². The largest absolute Gasteiger partial charge is 0.497 e. The van der Waals surface area contributed by atoms with Crippen LogP contribution in [0.3, 0.4) is 0 Å². The van der Waals surface area contributed by atoms with Crippen LogP contribution in [-0.4, -0.2) is 20.1 Å². The fourth-order valence-corrected chi connectivity index (χ4v) is 2.43. The molecule has 4 nitrogen and oxygen atoms in total. The monoisotopic (exact) mass is 507 g/mol. The first-order valence-electron chi connectivity index (χ1n) is 7.13. The summed E-state index contributed by atoms with van der Waals surface area (Å²) in [5.74, 6) is 1.20. The lowest BCUT2D eigenvalue weighted by Gasteiger charge is -2.13. The quantitative estimate of drug-likeness (QED) is 0.364. The molecule has 0 saturated heterocycles. The lowest BCUT2D eigenvalue weighted by Crippen LogP contribution is -2.36. The van der Waals surface area contributed by atoms with Gasteiger partial charge in [-0.15, -0.1) is 24.0 Å². The maximum Gasteiger partial charge on any atom is 0.191 e. The van der Waals surface area contributed by atoms with Gasteiger partial charge < -0.3 is 15.4 Å². The van der Waals surface area contributed by atoms with Crippen LogP contribution in [0.5, 0.6) is 5.75 Å². The van der Waals surface area contributed by atoms with Crippen molar-refractivity contribution in [2.24, 2.45) is 4.99 Å². The predicted molar refractivity (Wildman–Crippen MR) is 110 cm³/mol. The molecule has 0 aliphatic heterocycles. The molecule has 0 fully saturated rings. The summed E-state index contributed by atoms with van der Waals surface area (Å²) in [6.07, 6.45) is 0. The SMILES string of the molecule is CN=C(NCc1cccc(OC)c1)NCc1cc(F)ccc1Br.I. The van der Waals surface area contributed by atoms with Crippen LogP contribution in [0.15, 0.2) is 51.9 Å². The molecule has 0 unspecified atom stereocenters. The van der Waals surface area contributed by atoms with Crippen molar-refractivity contribution in [3.05, 3.63) is 63.9 Å². The van der Waals surface area contributed by atoms with Crippen molar-refractivity contribution in [2.45, 2.75) is 13.1 Å². The Morgan fingerprint density at radius 2 is 1.92 bits per heavy atom. The molecule has 0 atom stereocenters. The number of nitrogens with zero attached hydrogens (tertiary/aromatic N) is 1. The molecule has 130 valence electrons. The van der Waals surface area contributed by atoms with E-state index in [1.807, 2.05) is 24.3 Å². The third-order valence-corrected chi connectivity index (χ3v) is 4.05. The maximum atomic E-state index is 13.3. The second-order valence-electron chi connectivity index (χ2n) is 4.87. The lowest BCUT2D eigenvalue weighted by atomic mass is 10.2. The van der Waals surface area contributed by atoms with Crippen LogP contribution < -0.4 is 15.4 Å². The average Bonchev–Trinajstić information content (AvgIpc) is 2.58. The number of methoxy groups -OCH3 is 1. The molecule has 0 amide bonds. The van der Waals surface area contributed by atoms with Crippen molar-refractivity contribution in [3.8, 4) is 5.75 Å². The van der Waals surface area contributed by atoms with Gasteiger partial charge in [0.1, 0.15) is 11.6 Å². The lowest BCUT2D eigenvalue weighted by molar-refractivity contribution is 0.414. The molecular formula is C17H20BrFIN3O. The standard InChI is InChI=1S/C17H19BrFN3O.HI/c1-20-17(21-10-12-4-3-5-15(8-12)23-2)22-11-13-9-14(19)6-7-16(13)18;/h3-9H,10-11H2,1-2H3,(H2,20,21,22);1H. The predicted octanol–water partition coefficient (Wildman–Crippen LogP) is 4.08. The molecule has 2 aromatic rings. The molecule has 0 saturated carbocycles. The number of aliphatic imine (C=N–C) groups is 1. The molecule has 7 heteroatoms. The fraction of sp³-hybridized carbons (Fsp3) is 0.235. The van der Waals surface area contributed by atoms with E-state index in [4.69, 9.17) is 4.74 Å². The van der Waals surface area contributed by atoms with Gasteiger partial charge >= 0.3 is 0 Å². The summed E-state index contributed by atoms with van der Waals surface area (Å²) in [4.78, 5) is 4.17. The van der Waals surface area contributed by atoms with Crippen LogP contribution in [0.1, 0.15) is 11.1 Å². The van der Waals surface area contributed by atoms with Crippen molar-refractivity contribution < 1.29 is 9.13 Å². The van der Waals surface area contributed by atoms with Crippen molar-refractivity contribution in [1.29, 1.82) is 0 Å². The topological polar surface area (TPSA) is 45.7 Å². The van der Waals surface area contributed by atoms with Crippen LogP contribution in [0.25, 0.3) is 0 Å². The van der Waals surface area contributed by atoms with Gasteiger partial charge in [0.15, 0.2) is 5.96 Å². The van der Waals surface area contributed by atoms with Gasteiger partial charge in [-0.1, -0.05) is 28.1 Å². The highest BCUT2D eigenvalue weighted by atomic mass is 127. The van der Waals surface area contributed by atoms with Crippen molar-refractivity contribution >= 4 is 45.9 Å². The van der Waals surface area contributed by atoms with Crippen LogP contribution in [0, 0.1) is 5.82 Å². The van der Waals surface area contributed by atoms with Gasteiger partial charge in [-0.05, 0) is 41.5 Å². The van der Waals surface area contributed by atoms with Gasteiger partial charge in [0, 0.05) is 24.6 Å². The smallest absolute Gasteiger partial charge is 0.191 e. The van der Waals surface area contributed by atoms with Gasteiger partial charge in [0.25, 0.3) is 0 Å². The van der Waals surface area contributed by atoms with Crippen LogP contribution >= 0.6 is 39.9 Å². The number of guanidine groups is 1. The number of nitrogens with one attached hydrogen (secondary N) is 2. The second kappa shape index (κ2) is 10.5. The zero-order chi connectivity index (χ0) is 16.7. The van der Waals surface area contributed by atoms with Gasteiger partial charge in [0.05, 0.1) is 7.11 Å². The average molecular weight is 508 g/mol. The zero-order valence-electron chi connectivity index (χ0n) is 13.5. The summed E-state index contributed by atoms with van der Waals surface area (Å²) in [6.45, 7) is 1.08. The second-order valence-corrected chi connectivity index (χ2v) is 5.72. The van der Waals surface area contributed by atoms with Gasteiger partial charge in [-0.25, -0.2) is 4.39 Å². The molecular weight excluding hydrogens is 488 g/mol. The molecule has 0 aliphatic rings. The number of rotatable bonds is 5. The van der Waals surface area contributed by atoms with Gasteiger partial charge in [-0.2, -0.15) is 0 Å². The Hall–Kier alpha value is -1.35. The molecule has 24 heavy (non-hydrogen) atoms. The molecule has 2 N–H and O–H groups in total. The Labute approximate surface area is 167 Å². The molecule has 2 rings (SSSR count). The van der Waals surface area contributed by atoms with Gasteiger partial charge in [-0.3, -0.25) is 4.99 Å². The normalized spacial score (nSPS) is 10.8. The minimum absolute atomic E-state index is 0. The number of hydrogen-bond donors (Lipinski definition) is 2. The Bertz CT molecular complexity index is 697. The Kier molecular flexibility index (Phi) is 9.05. The van der Waals surface area contributed by atoms with Gasteiger partial charge in [0.2, 0.25) is 0 Å². The summed E-state index contributed by atoms with van der Waals surface area (Å²) in [6, 6.07) is 12.4. The van der Waals surface area contributed by atoms with Crippen LogP contribution in [0.2, 0.25) is 0 Å². The van der Waals surface area contributed by atoms with E-state index in [1.165, 1.54) is 12.1 Å². The van der Waals surface area contributed by atoms with E-state index >= 15 is 0 Å². The molecule has 0 radical (unpaired) electrons. The number of hydrogen-bond acceptors (Lipinski definition) is 2. The summed E-state index contributed by atoms with van der Waals surface area (Å²) in [5.41, 5.74) is 1.91. The molecule has 0 spiro atoms. The third kappa shape index (κ3) is 6.27. The van der Waals surface area contributed by atoms with Crippen molar-refractivity contribution in [2.75, 3.05) is 14.2 Å². The first-order valence-corrected chi connectivity index (χ1v) is 7.93. The molecule has 0 bridgehead atoms. The summed E-state index contributed by atoms with van der Waals surface area (Å²) >= 11 is 3.41. The van der Waals surface area contributed by atoms with Crippen molar-refractivity contribution in [1.82, 2.24) is 10.6 Å². The summed E-state index contributed by atoms with van der Waals surface area (Å²) < 4.78 is 19.3. The zero-order valence-corrected chi connectivity index (χ0v) is 17.4. The van der Waals surface area contributed by atoms with E-state index in [0.717, 1.165) is 21.3 Å². The summed E-state index contributed by atoms with van der Waals surface area (Å²) in [7, 11) is 3.34. The number of ether oxygens (including phenoxy) is 1. The Morgan fingerprint density at radius 3 is 2.62 bits per heavy atom. The molecule has 0 aliphatic carbocycles.